The lowest BCUT2D eigenvalue weighted by Crippen LogP contribution is -2.29. The van der Waals surface area contributed by atoms with Gasteiger partial charge in [0.2, 0.25) is 0 Å². The number of ether oxygens (including phenoxy) is 1. The molecule has 292 valence electrons. The molecule has 1 N–H and O–H groups in total. The summed E-state index contributed by atoms with van der Waals surface area (Å²) in [5, 5.41) is 9.93. The predicted molar refractivity (Wildman–Crippen MR) is 216 cm³/mol. The molecule has 0 spiro atoms. The van der Waals surface area contributed by atoms with Gasteiger partial charge in [-0.2, -0.15) is 0 Å². The van der Waals surface area contributed by atoms with Crippen molar-refractivity contribution in [3.63, 3.8) is 0 Å². The number of unbranched alkanes of at least 4 members (excludes halogenated alkanes) is 23. The second-order valence-electron chi connectivity index (χ2n) is 14.8. The van der Waals surface area contributed by atoms with Crippen molar-refractivity contribution in [2.24, 2.45) is 5.92 Å². The number of hydrogen-bond acceptors (Lipinski definition) is 6. The molecule has 0 aliphatic rings. The Morgan fingerprint density at radius 2 is 0.959 bits per heavy atom. The molecular weight excluding hydrogens is 627 g/mol. The maximum absolute atomic E-state index is 13.0. The van der Waals surface area contributed by atoms with Crippen LogP contribution in [0.3, 0.4) is 0 Å². The van der Waals surface area contributed by atoms with Crippen LogP contribution in [0.15, 0.2) is 0 Å². The highest BCUT2D eigenvalue weighted by Gasteiger charge is 2.19. The minimum Gasteiger partial charge on any atom is -0.465 e. The van der Waals surface area contributed by atoms with E-state index in [-0.39, 0.29) is 18.5 Å². The fraction of sp³-hybridized carbons (Fsp3) is 0.953. The van der Waals surface area contributed by atoms with E-state index in [1.54, 1.807) is 0 Å². The molecule has 0 aromatic carbocycles. The number of carbonyl (C=O) groups excluding carboxylic acids is 2. The molecule has 0 heterocycles. The van der Waals surface area contributed by atoms with Gasteiger partial charge in [0, 0.05) is 18.7 Å². The second kappa shape index (κ2) is 40.2. The zero-order valence-corrected chi connectivity index (χ0v) is 34.1. The zero-order chi connectivity index (χ0) is 35.9. The lowest BCUT2D eigenvalue weighted by molar-refractivity contribution is -0.149. The van der Waals surface area contributed by atoms with Crippen LogP contribution in [-0.2, 0) is 14.3 Å². The molecule has 0 aliphatic carbocycles. The Labute approximate surface area is 310 Å². The number of thioether (sulfide) groups is 1. The van der Waals surface area contributed by atoms with Gasteiger partial charge in [0.15, 0.2) is 5.12 Å². The smallest absolute Gasteiger partial charge is 0.308 e. The highest BCUT2D eigenvalue weighted by Crippen LogP contribution is 2.21. The summed E-state index contributed by atoms with van der Waals surface area (Å²) < 4.78 is 5.83. The Morgan fingerprint density at radius 3 is 1.45 bits per heavy atom. The minimum absolute atomic E-state index is 0.0481. The highest BCUT2D eigenvalue weighted by atomic mass is 32.2. The molecule has 0 rings (SSSR count). The van der Waals surface area contributed by atoms with Crippen molar-refractivity contribution in [3.05, 3.63) is 0 Å². The molecule has 0 aromatic rings. The molecule has 0 amide bonds. The first-order valence-electron chi connectivity index (χ1n) is 21.7. The number of hydrogen-bond donors (Lipinski definition) is 1. The normalized spacial score (nSPS) is 11.6. The Hall–Kier alpha value is -0.590. The molecule has 0 fully saturated rings. The van der Waals surface area contributed by atoms with E-state index in [0.717, 1.165) is 102 Å². The molecule has 0 saturated heterocycles. The lowest BCUT2D eigenvalue weighted by atomic mass is 9.94. The molecule has 0 aromatic heterocycles. The largest absolute Gasteiger partial charge is 0.465 e. The van der Waals surface area contributed by atoms with Crippen molar-refractivity contribution in [1.29, 1.82) is 0 Å². The lowest BCUT2D eigenvalue weighted by Gasteiger charge is -2.21. The third kappa shape index (κ3) is 35.6. The van der Waals surface area contributed by atoms with Gasteiger partial charge in [-0.15, -0.1) is 0 Å². The first-order chi connectivity index (χ1) is 24.1. The summed E-state index contributed by atoms with van der Waals surface area (Å²) >= 11 is 1.53. The van der Waals surface area contributed by atoms with Gasteiger partial charge in [0.05, 0.1) is 19.1 Å². The summed E-state index contributed by atoms with van der Waals surface area (Å²) in [4.78, 5) is 27.6. The van der Waals surface area contributed by atoms with Crippen LogP contribution in [0.5, 0.6) is 0 Å². The van der Waals surface area contributed by atoms with Crippen LogP contribution < -0.4 is 0 Å². The van der Waals surface area contributed by atoms with Gasteiger partial charge in [0.1, 0.15) is 0 Å². The second-order valence-corrected chi connectivity index (χ2v) is 16.0. The summed E-state index contributed by atoms with van der Waals surface area (Å²) in [5.74, 6) is 1.07. The minimum atomic E-state index is 0.0481. The number of nitrogens with zero attached hydrogens (tertiary/aromatic N) is 1. The first-order valence-corrected chi connectivity index (χ1v) is 22.7. The molecule has 5 nitrogen and oxygen atoms in total. The van der Waals surface area contributed by atoms with Crippen LogP contribution in [0, 0.1) is 5.92 Å². The van der Waals surface area contributed by atoms with E-state index in [4.69, 9.17) is 4.74 Å². The Balaban J connectivity index is 4.09. The summed E-state index contributed by atoms with van der Waals surface area (Å²) in [6.45, 7) is 10.2. The molecule has 0 bridgehead atoms. The third-order valence-electron chi connectivity index (χ3n) is 10.0. The molecule has 0 aliphatic heterocycles. The van der Waals surface area contributed by atoms with E-state index >= 15 is 0 Å². The van der Waals surface area contributed by atoms with Gasteiger partial charge in [-0.05, 0) is 64.5 Å². The maximum atomic E-state index is 13.0. The molecule has 6 heteroatoms. The van der Waals surface area contributed by atoms with Crippen LogP contribution in [0.25, 0.3) is 0 Å². The summed E-state index contributed by atoms with van der Waals surface area (Å²) in [6, 6.07) is 0. The van der Waals surface area contributed by atoms with Gasteiger partial charge >= 0.3 is 5.97 Å². The monoisotopic (exact) mass is 712 g/mol. The molecular formula is C43H85NO4S. The average Bonchev–Trinajstić information content (AvgIpc) is 3.10. The number of aliphatic hydroxyl groups excluding tert-OH is 1. The van der Waals surface area contributed by atoms with Crippen molar-refractivity contribution in [3.8, 4) is 0 Å². The van der Waals surface area contributed by atoms with E-state index in [9.17, 15) is 14.7 Å². The Morgan fingerprint density at radius 1 is 0.531 bits per heavy atom. The zero-order valence-electron chi connectivity index (χ0n) is 33.3. The van der Waals surface area contributed by atoms with E-state index in [0.29, 0.717) is 11.7 Å². The number of esters is 1. The average molecular weight is 712 g/mol. The fourth-order valence-corrected chi connectivity index (χ4v) is 7.60. The van der Waals surface area contributed by atoms with Gasteiger partial charge in [-0.1, -0.05) is 174 Å². The molecule has 0 unspecified atom stereocenters. The quantitative estimate of drug-likeness (QED) is 0.0504. The van der Waals surface area contributed by atoms with Gasteiger partial charge in [-0.3, -0.25) is 9.59 Å². The van der Waals surface area contributed by atoms with E-state index < -0.39 is 0 Å². The van der Waals surface area contributed by atoms with Gasteiger partial charge in [0.25, 0.3) is 0 Å². The van der Waals surface area contributed by atoms with Crippen molar-refractivity contribution < 1.29 is 19.4 Å². The highest BCUT2D eigenvalue weighted by molar-refractivity contribution is 8.13. The van der Waals surface area contributed by atoms with E-state index in [2.05, 4.69) is 25.7 Å². The molecule has 0 atom stereocenters. The summed E-state index contributed by atoms with van der Waals surface area (Å²) in [7, 11) is 0. The van der Waals surface area contributed by atoms with Gasteiger partial charge < -0.3 is 14.7 Å². The van der Waals surface area contributed by atoms with Gasteiger partial charge in [-0.25, -0.2) is 0 Å². The van der Waals surface area contributed by atoms with Crippen molar-refractivity contribution in [1.82, 2.24) is 4.90 Å². The van der Waals surface area contributed by atoms with Crippen LogP contribution in [0.2, 0.25) is 0 Å². The van der Waals surface area contributed by atoms with Crippen LogP contribution >= 0.6 is 11.8 Å². The maximum Gasteiger partial charge on any atom is 0.308 e. The van der Waals surface area contributed by atoms with Crippen molar-refractivity contribution >= 4 is 22.8 Å². The van der Waals surface area contributed by atoms with Crippen LogP contribution in [0.4, 0.5) is 0 Å². The third-order valence-corrected chi connectivity index (χ3v) is 11.1. The fourth-order valence-electron chi connectivity index (χ4n) is 6.73. The first kappa shape index (κ1) is 48.4. The van der Waals surface area contributed by atoms with Crippen molar-refractivity contribution in [2.75, 3.05) is 38.6 Å². The Bertz CT molecular complexity index is 673. The van der Waals surface area contributed by atoms with E-state index in [1.807, 2.05) is 0 Å². The SMILES string of the molecule is CCCCCCCCCCC(=O)SCCCCCN(CCO)CCCCCOC(=O)C(CCCCCCCCC)CCCCCCCCC. The van der Waals surface area contributed by atoms with E-state index in [1.165, 1.54) is 134 Å². The van der Waals surface area contributed by atoms with Crippen molar-refractivity contribution in [2.45, 2.75) is 220 Å². The molecule has 0 saturated carbocycles. The Kier molecular flexibility index (Phi) is 39.7. The predicted octanol–water partition coefficient (Wildman–Crippen LogP) is 12.9. The summed E-state index contributed by atoms with van der Waals surface area (Å²) in [6.07, 6.45) is 37.3. The standard InChI is InChI=1S/C43H85NO4S/c1-4-7-10-13-16-19-22-27-34-42(46)49-40-31-24-29-36-44(37-38-45)35-28-23-30-39-48-43(47)41(32-25-20-17-14-11-8-5-2)33-26-21-18-15-12-9-6-3/h41,45H,4-40H2,1-3H3. The number of rotatable bonds is 40. The topological polar surface area (TPSA) is 66.8 Å². The van der Waals surface area contributed by atoms with Crippen LogP contribution in [0.1, 0.15) is 220 Å². The molecule has 49 heavy (non-hydrogen) atoms. The number of aliphatic hydroxyl groups is 1. The molecule has 0 radical (unpaired) electrons. The van der Waals surface area contributed by atoms with Crippen LogP contribution in [-0.4, -0.2) is 59.7 Å². The summed E-state index contributed by atoms with van der Waals surface area (Å²) in [5.41, 5.74) is 0. The number of carbonyl (C=O) groups is 2.